The summed E-state index contributed by atoms with van der Waals surface area (Å²) >= 11 is 11.9. The monoisotopic (exact) mass is 246 g/mol. The molecule has 4 heteroatoms. The SMILES string of the molecule is CN(C)CC(N)Cc1ccc(Cl)cc1Cl. The van der Waals surface area contributed by atoms with Gasteiger partial charge < -0.3 is 10.6 Å². The summed E-state index contributed by atoms with van der Waals surface area (Å²) in [6, 6.07) is 5.62. The summed E-state index contributed by atoms with van der Waals surface area (Å²) in [7, 11) is 4.01. The normalized spacial score (nSPS) is 13.2. The highest BCUT2D eigenvalue weighted by molar-refractivity contribution is 6.35. The molecule has 0 fully saturated rings. The first-order valence-electron chi connectivity index (χ1n) is 4.83. The molecule has 0 aromatic heterocycles. The fourth-order valence-electron chi connectivity index (χ4n) is 1.50. The Balaban J connectivity index is 2.64. The average molecular weight is 247 g/mol. The summed E-state index contributed by atoms with van der Waals surface area (Å²) in [5.74, 6) is 0. The van der Waals surface area contributed by atoms with E-state index in [1.165, 1.54) is 0 Å². The summed E-state index contributed by atoms with van der Waals surface area (Å²) in [5.41, 5.74) is 7.03. The molecule has 0 bridgehead atoms. The summed E-state index contributed by atoms with van der Waals surface area (Å²) in [4.78, 5) is 2.06. The third kappa shape index (κ3) is 4.39. The number of benzene rings is 1. The topological polar surface area (TPSA) is 29.3 Å². The van der Waals surface area contributed by atoms with Gasteiger partial charge in [0.2, 0.25) is 0 Å². The molecule has 0 heterocycles. The Hall–Kier alpha value is -0.280. The standard InChI is InChI=1S/C11H16Cl2N2/c1-15(2)7-10(14)5-8-3-4-9(12)6-11(8)13/h3-4,6,10H,5,7,14H2,1-2H3. The van der Waals surface area contributed by atoms with Gasteiger partial charge in [0.15, 0.2) is 0 Å². The predicted octanol–water partition coefficient (Wildman–Crippen LogP) is 2.42. The third-order valence-electron chi connectivity index (χ3n) is 2.10. The molecule has 1 atom stereocenters. The van der Waals surface area contributed by atoms with Crippen LogP contribution in [0.15, 0.2) is 18.2 Å². The van der Waals surface area contributed by atoms with Crippen LogP contribution in [0.4, 0.5) is 0 Å². The minimum absolute atomic E-state index is 0.0960. The van der Waals surface area contributed by atoms with Crippen LogP contribution < -0.4 is 5.73 Å². The average Bonchev–Trinajstić information content (AvgIpc) is 2.08. The summed E-state index contributed by atoms with van der Waals surface area (Å²) in [6.45, 7) is 0.846. The van der Waals surface area contributed by atoms with Crippen molar-refractivity contribution in [1.29, 1.82) is 0 Å². The highest BCUT2D eigenvalue weighted by Crippen LogP contribution is 2.21. The van der Waals surface area contributed by atoms with Crippen molar-refractivity contribution in [3.63, 3.8) is 0 Å². The quantitative estimate of drug-likeness (QED) is 0.885. The zero-order valence-electron chi connectivity index (χ0n) is 9.00. The van der Waals surface area contributed by atoms with Crippen LogP contribution in [0.2, 0.25) is 10.0 Å². The van der Waals surface area contributed by atoms with Crippen LogP contribution in [0.5, 0.6) is 0 Å². The Bertz CT molecular complexity index is 326. The van der Waals surface area contributed by atoms with Gasteiger partial charge in [-0.3, -0.25) is 0 Å². The van der Waals surface area contributed by atoms with E-state index in [2.05, 4.69) is 4.90 Å². The highest BCUT2D eigenvalue weighted by atomic mass is 35.5. The van der Waals surface area contributed by atoms with E-state index < -0.39 is 0 Å². The molecular weight excluding hydrogens is 231 g/mol. The van der Waals surface area contributed by atoms with Gasteiger partial charge in [0.25, 0.3) is 0 Å². The van der Waals surface area contributed by atoms with Crippen molar-refractivity contribution in [2.75, 3.05) is 20.6 Å². The lowest BCUT2D eigenvalue weighted by atomic mass is 10.1. The maximum Gasteiger partial charge on any atom is 0.0453 e. The predicted molar refractivity (Wildman–Crippen MR) is 66.7 cm³/mol. The number of likely N-dealkylation sites (N-methyl/N-ethyl adjacent to an activating group) is 1. The number of rotatable bonds is 4. The molecule has 2 nitrogen and oxygen atoms in total. The second-order valence-corrected chi connectivity index (χ2v) is 4.81. The van der Waals surface area contributed by atoms with Crippen LogP contribution in [0.25, 0.3) is 0 Å². The molecule has 15 heavy (non-hydrogen) atoms. The number of hydrogen-bond acceptors (Lipinski definition) is 2. The molecule has 1 rings (SSSR count). The van der Waals surface area contributed by atoms with Gasteiger partial charge in [0, 0.05) is 22.6 Å². The van der Waals surface area contributed by atoms with Crippen LogP contribution >= 0.6 is 23.2 Å². The van der Waals surface area contributed by atoms with E-state index >= 15 is 0 Å². The van der Waals surface area contributed by atoms with Gasteiger partial charge in [-0.05, 0) is 38.2 Å². The largest absolute Gasteiger partial charge is 0.326 e. The van der Waals surface area contributed by atoms with Crippen molar-refractivity contribution >= 4 is 23.2 Å². The lowest BCUT2D eigenvalue weighted by Crippen LogP contribution is -2.34. The second-order valence-electron chi connectivity index (χ2n) is 3.96. The first-order chi connectivity index (χ1) is 6.99. The number of nitrogens with two attached hydrogens (primary N) is 1. The molecule has 0 aliphatic carbocycles. The minimum Gasteiger partial charge on any atom is -0.326 e. The van der Waals surface area contributed by atoms with Crippen molar-refractivity contribution in [1.82, 2.24) is 4.90 Å². The van der Waals surface area contributed by atoms with Crippen molar-refractivity contribution in [2.45, 2.75) is 12.5 Å². The number of nitrogens with zero attached hydrogens (tertiary/aromatic N) is 1. The number of halogens is 2. The van der Waals surface area contributed by atoms with E-state index in [0.29, 0.717) is 10.0 Å². The zero-order valence-corrected chi connectivity index (χ0v) is 10.5. The van der Waals surface area contributed by atoms with Crippen molar-refractivity contribution in [2.24, 2.45) is 5.73 Å². The van der Waals surface area contributed by atoms with Gasteiger partial charge in [-0.1, -0.05) is 29.3 Å². The first-order valence-corrected chi connectivity index (χ1v) is 5.59. The molecule has 0 spiro atoms. The highest BCUT2D eigenvalue weighted by Gasteiger charge is 2.08. The van der Waals surface area contributed by atoms with Crippen LogP contribution in [-0.2, 0) is 6.42 Å². The maximum atomic E-state index is 6.06. The summed E-state index contributed by atoms with van der Waals surface area (Å²) in [6.07, 6.45) is 0.772. The van der Waals surface area contributed by atoms with Crippen LogP contribution in [0.1, 0.15) is 5.56 Å². The van der Waals surface area contributed by atoms with Crippen molar-refractivity contribution < 1.29 is 0 Å². The van der Waals surface area contributed by atoms with E-state index in [1.807, 2.05) is 26.2 Å². The summed E-state index contributed by atoms with van der Waals surface area (Å²) in [5, 5.41) is 1.35. The minimum atomic E-state index is 0.0960. The van der Waals surface area contributed by atoms with E-state index in [4.69, 9.17) is 28.9 Å². The van der Waals surface area contributed by atoms with Crippen LogP contribution in [0, 0.1) is 0 Å². The van der Waals surface area contributed by atoms with Crippen molar-refractivity contribution in [3.8, 4) is 0 Å². The Morgan fingerprint density at radius 1 is 1.33 bits per heavy atom. The van der Waals surface area contributed by atoms with Gasteiger partial charge in [-0.2, -0.15) is 0 Å². The third-order valence-corrected chi connectivity index (χ3v) is 2.68. The Morgan fingerprint density at radius 3 is 2.53 bits per heavy atom. The van der Waals surface area contributed by atoms with Gasteiger partial charge in [-0.15, -0.1) is 0 Å². The van der Waals surface area contributed by atoms with E-state index in [1.54, 1.807) is 6.07 Å². The van der Waals surface area contributed by atoms with E-state index in [9.17, 15) is 0 Å². The second kappa shape index (κ2) is 5.71. The molecule has 84 valence electrons. The molecule has 1 aromatic carbocycles. The van der Waals surface area contributed by atoms with Gasteiger partial charge in [-0.25, -0.2) is 0 Å². The van der Waals surface area contributed by atoms with Gasteiger partial charge in [0.05, 0.1) is 0 Å². The van der Waals surface area contributed by atoms with Gasteiger partial charge in [0.1, 0.15) is 0 Å². The molecule has 0 aliphatic rings. The van der Waals surface area contributed by atoms with E-state index in [-0.39, 0.29) is 6.04 Å². The molecule has 0 aliphatic heterocycles. The van der Waals surface area contributed by atoms with Crippen LogP contribution in [0.3, 0.4) is 0 Å². The Kier molecular flexibility index (Phi) is 4.87. The molecule has 2 N–H and O–H groups in total. The molecule has 1 aromatic rings. The lowest BCUT2D eigenvalue weighted by molar-refractivity contribution is 0.371. The zero-order chi connectivity index (χ0) is 11.4. The van der Waals surface area contributed by atoms with Crippen molar-refractivity contribution in [3.05, 3.63) is 33.8 Å². The molecule has 0 radical (unpaired) electrons. The Morgan fingerprint density at radius 2 is 2.00 bits per heavy atom. The molecular formula is C11H16Cl2N2. The molecule has 0 saturated heterocycles. The molecule has 0 amide bonds. The molecule has 1 unspecified atom stereocenters. The maximum absolute atomic E-state index is 6.06. The van der Waals surface area contributed by atoms with Crippen LogP contribution in [-0.4, -0.2) is 31.6 Å². The fourth-order valence-corrected chi connectivity index (χ4v) is 1.99. The lowest BCUT2D eigenvalue weighted by Gasteiger charge is -2.17. The summed E-state index contributed by atoms with van der Waals surface area (Å²) < 4.78 is 0. The fraction of sp³-hybridized carbons (Fsp3) is 0.455. The first kappa shape index (κ1) is 12.8. The van der Waals surface area contributed by atoms with Gasteiger partial charge >= 0.3 is 0 Å². The van der Waals surface area contributed by atoms with E-state index in [0.717, 1.165) is 18.5 Å². The molecule has 0 saturated carbocycles. The Labute approximate surface area is 101 Å². The smallest absolute Gasteiger partial charge is 0.0453 e. The number of hydrogen-bond donors (Lipinski definition) is 1.